The van der Waals surface area contributed by atoms with Crippen molar-refractivity contribution in [2.75, 3.05) is 17.7 Å². The topological polar surface area (TPSA) is 81.4 Å². The Bertz CT molecular complexity index is 704. The van der Waals surface area contributed by atoms with Gasteiger partial charge in [0.25, 0.3) is 5.91 Å². The zero-order valence-corrected chi connectivity index (χ0v) is 12.9. The summed E-state index contributed by atoms with van der Waals surface area (Å²) in [4.78, 5) is 23.4. The maximum Gasteiger partial charge on any atom is 0.338 e. The van der Waals surface area contributed by atoms with Crippen molar-refractivity contribution in [3.05, 3.63) is 58.3 Å². The molecule has 0 fully saturated rings. The van der Waals surface area contributed by atoms with Gasteiger partial charge in [-0.1, -0.05) is 15.9 Å². The molecule has 0 aliphatic heterocycles. The zero-order valence-electron chi connectivity index (χ0n) is 11.3. The first-order valence-electron chi connectivity index (χ1n) is 6.23. The van der Waals surface area contributed by atoms with Crippen molar-refractivity contribution in [2.24, 2.45) is 0 Å². The molecule has 7 heteroatoms. The second-order valence-electron chi connectivity index (χ2n) is 4.37. The maximum absolute atomic E-state index is 13.5. The SMILES string of the molecule is Nc1ccc(C(=O)OCC(=O)Nc2ccc(Br)cc2F)cc1. The number of ether oxygens (including phenoxy) is 1. The van der Waals surface area contributed by atoms with Gasteiger partial charge in [-0.25, -0.2) is 9.18 Å². The number of nitrogen functional groups attached to an aromatic ring is 1. The van der Waals surface area contributed by atoms with Crippen LogP contribution < -0.4 is 11.1 Å². The molecule has 2 aromatic carbocycles. The van der Waals surface area contributed by atoms with Gasteiger partial charge < -0.3 is 15.8 Å². The Labute approximate surface area is 134 Å². The number of carbonyl (C=O) groups excluding carboxylic acids is 2. The summed E-state index contributed by atoms with van der Waals surface area (Å²) >= 11 is 3.11. The van der Waals surface area contributed by atoms with Crippen molar-refractivity contribution >= 4 is 39.2 Å². The molecule has 5 nitrogen and oxygen atoms in total. The molecular weight excluding hydrogens is 355 g/mol. The van der Waals surface area contributed by atoms with Crippen molar-refractivity contribution in [1.29, 1.82) is 0 Å². The van der Waals surface area contributed by atoms with Gasteiger partial charge in [0.2, 0.25) is 0 Å². The second-order valence-corrected chi connectivity index (χ2v) is 5.29. The molecule has 0 atom stereocenters. The van der Waals surface area contributed by atoms with E-state index < -0.39 is 24.3 Å². The lowest BCUT2D eigenvalue weighted by Gasteiger charge is -2.08. The quantitative estimate of drug-likeness (QED) is 0.643. The molecular formula is C15H12BrFN2O3. The van der Waals surface area contributed by atoms with Crippen LogP contribution in [0.15, 0.2) is 46.9 Å². The summed E-state index contributed by atoms with van der Waals surface area (Å²) in [7, 11) is 0. The summed E-state index contributed by atoms with van der Waals surface area (Å²) < 4.78 is 18.9. The fourth-order valence-electron chi connectivity index (χ4n) is 1.61. The smallest absolute Gasteiger partial charge is 0.338 e. The van der Waals surface area contributed by atoms with Gasteiger partial charge in [0, 0.05) is 10.2 Å². The lowest BCUT2D eigenvalue weighted by Crippen LogP contribution is -2.21. The summed E-state index contributed by atoms with van der Waals surface area (Å²) in [5.74, 6) is -1.89. The molecule has 0 saturated carbocycles. The van der Waals surface area contributed by atoms with Crippen molar-refractivity contribution in [2.45, 2.75) is 0 Å². The summed E-state index contributed by atoms with van der Waals surface area (Å²) in [5.41, 5.74) is 6.30. The monoisotopic (exact) mass is 366 g/mol. The molecule has 0 aliphatic rings. The summed E-state index contributed by atoms with van der Waals surface area (Å²) in [6.07, 6.45) is 0. The summed E-state index contributed by atoms with van der Waals surface area (Å²) in [6.45, 7) is -0.515. The minimum atomic E-state index is -0.661. The number of amides is 1. The first kappa shape index (κ1) is 16.0. The van der Waals surface area contributed by atoms with E-state index >= 15 is 0 Å². The molecule has 0 radical (unpaired) electrons. The molecule has 0 aromatic heterocycles. The molecule has 2 rings (SSSR count). The predicted molar refractivity (Wildman–Crippen MR) is 83.9 cm³/mol. The Balaban J connectivity index is 1.89. The lowest BCUT2D eigenvalue weighted by molar-refractivity contribution is -0.119. The molecule has 0 heterocycles. The number of hydrogen-bond donors (Lipinski definition) is 2. The first-order valence-corrected chi connectivity index (χ1v) is 7.02. The third kappa shape index (κ3) is 4.29. The molecule has 0 aliphatic carbocycles. The maximum atomic E-state index is 13.5. The first-order chi connectivity index (χ1) is 10.5. The standard InChI is InChI=1S/C15H12BrFN2O3/c16-10-3-6-13(12(17)7-10)19-14(20)8-22-15(21)9-1-4-11(18)5-2-9/h1-7H,8,18H2,(H,19,20). The minimum absolute atomic E-state index is 0.0109. The van der Waals surface area contributed by atoms with Crippen LogP contribution in [0.4, 0.5) is 15.8 Å². The molecule has 3 N–H and O–H groups in total. The molecule has 0 bridgehead atoms. The summed E-state index contributed by atoms with van der Waals surface area (Å²) in [5, 5.41) is 2.32. The van der Waals surface area contributed by atoms with E-state index in [0.717, 1.165) is 0 Å². The average molecular weight is 367 g/mol. The number of carbonyl (C=O) groups is 2. The van der Waals surface area contributed by atoms with E-state index in [1.165, 1.54) is 24.3 Å². The van der Waals surface area contributed by atoms with Gasteiger partial charge in [0.05, 0.1) is 11.3 Å². The summed E-state index contributed by atoms with van der Waals surface area (Å²) in [6, 6.07) is 10.3. The number of hydrogen-bond acceptors (Lipinski definition) is 4. The number of halogens is 2. The molecule has 0 unspecified atom stereocenters. The fourth-order valence-corrected chi connectivity index (χ4v) is 1.94. The van der Waals surface area contributed by atoms with Crippen LogP contribution >= 0.6 is 15.9 Å². The van der Waals surface area contributed by atoms with Gasteiger partial charge in [-0.3, -0.25) is 4.79 Å². The molecule has 0 saturated heterocycles. The highest BCUT2D eigenvalue weighted by Crippen LogP contribution is 2.19. The van der Waals surface area contributed by atoms with Crippen LogP contribution in [0.25, 0.3) is 0 Å². The predicted octanol–water partition coefficient (Wildman–Crippen LogP) is 2.97. The molecule has 114 valence electrons. The third-order valence-corrected chi connectivity index (χ3v) is 3.18. The molecule has 22 heavy (non-hydrogen) atoms. The van der Waals surface area contributed by atoms with Crippen LogP contribution in [0.1, 0.15) is 10.4 Å². The molecule has 0 spiro atoms. The highest BCUT2D eigenvalue weighted by Gasteiger charge is 2.12. The van der Waals surface area contributed by atoms with E-state index in [0.29, 0.717) is 10.2 Å². The van der Waals surface area contributed by atoms with E-state index in [9.17, 15) is 14.0 Å². The Morgan fingerprint density at radius 3 is 2.50 bits per heavy atom. The Morgan fingerprint density at radius 2 is 1.86 bits per heavy atom. The van der Waals surface area contributed by atoms with Crippen LogP contribution in [0.3, 0.4) is 0 Å². The van der Waals surface area contributed by atoms with Crippen molar-refractivity contribution in [1.82, 2.24) is 0 Å². The van der Waals surface area contributed by atoms with Crippen LogP contribution in [0.2, 0.25) is 0 Å². The number of esters is 1. The van der Waals surface area contributed by atoms with Gasteiger partial charge in [-0.2, -0.15) is 0 Å². The Kier molecular flexibility index (Phi) is 5.11. The van der Waals surface area contributed by atoms with Gasteiger partial charge >= 0.3 is 5.97 Å². The van der Waals surface area contributed by atoms with Crippen LogP contribution in [0, 0.1) is 5.82 Å². The zero-order chi connectivity index (χ0) is 16.1. The van der Waals surface area contributed by atoms with Crippen LogP contribution in [-0.4, -0.2) is 18.5 Å². The average Bonchev–Trinajstić information content (AvgIpc) is 2.48. The van der Waals surface area contributed by atoms with Crippen molar-refractivity contribution < 1.29 is 18.7 Å². The molecule has 2 aromatic rings. The number of anilines is 2. The fraction of sp³-hybridized carbons (Fsp3) is 0.0667. The van der Waals surface area contributed by atoms with Gasteiger partial charge in [-0.05, 0) is 42.5 Å². The number of benzene rings is 2. The molecule has 1 amide bonds. The largest absolute Gasteiger partial charge is 0.452 e. The number of rotatable bonds is 4. The van der Waals surface area contributed by atoms with E-state index in [2.05, 4.69) is 21.2 Å². The number of nitrogens with one attached hydrogen (secondary N) is 1. The highest BCUT2D eigenvalue weighted by molar-refractivity contribution is 9.10. The van der Waals surface area contributed by atoms with Crippen molar-refractivity contribution in [3.8, 4) is 0 Å². The normalized spacial score (nSPS) is 10.1. The van der Waals surface area contributed by atoms with Gasteiger partial charge in [-0.15, -0.1) is 0 Å². The lowest BCUT2D eigenvalue weighted by atomic mass is 10.2. The van der Waals surface area contributed by atoms with E-state index in [1.807, 2.05) is 0 Å². The van der Waals surface area contributed by atoms with Crippen LogP contribution in [-0.2, 0) is 9.53 Å². The van der Waals surface area contributed by atoms with Gasteiger partial charge in [0.1, 0.15) is 5.82 Å². The van der Waals surface area contributed by atoms with E-state index in [-0.39, 0.29) is 11.3 Å². The Hall–Kier alpha value is -2.41. The highest BCUT2D eigenvalue weighted by atomic mass is 79.9. The minimum Gasteiger partial charge on any atom is -0.452 e. The van der Waals surface area contributed by atoms with E-state index in [1.54, 1.807) is 18.2 Å². The van der Waals surface area contributed by atoms with Crippen LogP contribution in [0.5, 0.6) is 0 Å². The number of nitrogens with two attached hydrogens (primary N) is 1. The third-order valence-electron chi connectivity index (χ3n) is 2.69. The van der Waals surface area contributed by atoms with Gasteiger partial charge in [0.15, 0.2) is 6.61 Å². The van der Waals surface area contributed by atoms with E-state index in [4.69, 9.17) is 10.5 Å². The second kappa shape index (κ2) is 7.04. The van der Waals surface area contributed by atoms with Crippen molar-refractivity contribution in [3.63, 3.8) is 0 Å². The Morgan fingerprint density at radius 1 is 1.18 bits per heavy atom.